The van der Waals surface area contributed by atoms with E-state index in [0.29, 0.717) is 19.4 Å². The number of rotatable bonds is 6. The molecule has 4 nitrogen and oxygen atoms in total. The molecule has 0 saturated heterocycles. The fraction of sp³-hybridized carbons (Fsp3) is 0.467. The normalized spacial score (nSPS) is 9.16. The maximum absolute atomic E-state index is 11.0. The molecule has 0 aromatic heterocycles. The second-order valence-electron chi connectivity index (χ2n) is 4.04. The average Bonchev–Trinajstić information content (AvgIpc) is 2.38. The lowest BCUT2D eigenvalue weighted by Crippen LogP contribution is -2.03. The first-order chi connectivity index (χ1) is 9.10. The summed E-state index contributed by atoms with van der Waals surface area (Å²) in [4.78, 5) is 20.6. The Morgan fingerprint density at radius 2 is 1.63 bits per heavy atom. The molecule has 0 aliphatic rings. The molecule has 106 valence electrons. The second kappa shape index (κ2) is 11.3. The Balaban J connectivity index is 0.000000459. The van der Waals surface area contributed by atoms with Crippen LogP contribution in [0.3, 0.4) is 0 Å². The minimum absolute atomic E-state index is 0.119. The third kappa shape index (κ3) is 11.0. The predicted octanol–water partition coefficient (Wildman–Crippen LogP) is 3.40. The summed E-state index contributed by atoms with van der Waals surface area (Å²) in [5.74, 6) is -0.830. The van der Waals surface area contributed by atoms with Crippen molar-refractivity contribution in [3.63, 3.8) is 0 Å². The molecule has 0 spiro atoms. The molecule has 1 N–H and O–H groups in total. The van der Waals surface area contributed by atoms with Crippen LogP contribution in [0.4, 0.5) is 0 Å². The van der Waals surface area contributed by atoms with E-state index in [1.165, 1.54) is 0 Å². The van der Waals surface area contributed by atoms with Crippen LogP contribution in [0.25, 0.3) is 0 Å². The maximum atomic E-state index is 11.0. The molecule has 0 heterocycles. The SMILES string of the molecule is CCCC(=O)O.CCCC(=O)OCc1ccccc1. The topological polar surface area (TPSA) is 63.6 Å². The highest BCUT2D eigenvalue weighted by Crippen LogP contribution is 2.02. The van der Waals surface area contributed by atoms with Gasteiger partial charge in [0.1, 0.15) is 6.61 Å². The van der Waals surface area contributed by atoms with E-state index in [1.807, 2.05) is 44.2 Å². The second-order valence-corrected chi connectivity index (χ2v) is 4.04. The lowest BCUT2D eigenvalue weighted by Gasteiger charge is -2.02. The van der Waals surface area contributed by atoms with Crippen molar-refractivity contribution < 1.29 is 19.4 Å². The maximum Gasteiger partial charge on any atom is 0.306 e. The molecule has 0 aliphatic heterocycles. The van der Waals surface area contributed by atoms with Gasteiger partial charge in [-0.1, -0.05) is 44.2 Å². The van der Waals surface area contributed by atoms with E-state index in [-0.39, 0.29) is 5.97 Å². The quantitative estimate of drug-likeness (QED) is 0.801. The van der Waals surface area contributed by atoms with Gasteiger partial charge in [-0.15, -0.1) is 0 Å². The number of carbonyl (C=O) groups is 2. The lowest BCUT2D eigenvalue weighted by molar-refractivity contribution is -0.145. The average molecular weight is 266 g/mol. The summed E-state index contributed by atoms with van der Waals surface area (Å²) in [5, 5.41) is 7.91. The molecule has 1 aromatic carbocycles. The highest BCUT2D eigenvalue weighted by molar-refractivity contribution is 5.69. The van der Waals surface area contributed by atoms with Crippen LogP contribution in [0, 0.1) is 0 Å². The first-order valence-electron chi connectivity index (χ1n) is 6.51. The van der Waals surface area contributed by atoms with Gasteiger partial charge in [0.15, 0.2) is 0 Å². The lowest BCUT2D eigenvalue weighted by atomic mass is 10.2. The van der Waals surface area contributed by atoms with Crippen molar-refractivity contribution in [2.45, 2.75) is 46.1 Å². The molecular formula is C15H22O4. The Morgan fingerprint density at radius 1 is 1.05 bits per heavy atom. The van der Waals surface area contributed by atoms with Gasteiger partial charge in [0.05, 0.1) is 0 Å². The molecule has 0 bridgehead atoms. The van der Waals surface area contributed by atoms with E-state index < -0.39 is 5.97 Å². The Hall–Kier alpha value is -1.84. The zero-order chi connectivity index (χ0) is 14.5. The first-order valence-corrected chi connectivity index (χ1v) is 6.51. The standard InChI is InChI=1S/C11H14O2.C4H8O2/c1-2-6-11(12)13-9-10-7-4-3-5-8-10;1-2-3-4(5)6/h3-5,7-8H,2,6,9H2,1H3;2-3H2,1H3,(H,5,6). The summed E-state index contributed by atoms with van der Waals surface area (Å²) in [7, 11) is 0. The number of hydrogen-bond donors (Lipinski definition) is 1. The van der Waals surface area contributed by atoms with Crippen molar-refractivity contribution in [2.24, 2.45) is 0 Å². The van der Waals surface area contributed by atoms with Crippen LogP contribution >= 0.6 is 0 Å². The number of carboxylic acid groups (broad SMARTS) is 1. The van der Waals surface area contributed by atoms with Crippen LogP contribution in [-0.4, -0.2) is 17.0 Å². The summed E-state index contributed by atoms with van der Waals surface area (Å²) < 4.78 is 5.03. The molecule has 0 amide bonds. The number of carboxylic acids is 1. The first kappa shape index (κ1) is 17.2. The summed E-state index contributed by atoms with van der Waals surface area (Å²) in [6.45, 7) is 4.19. The largest absolute Gasteiger partial charge is 0.481 e. The number of benzene rings is 1. The van der Waals surface area contributed by atoms with Crippen molar-refractivity contribution >= 4 is 11.9 Å². The third-order valence-corrected chi connectivity index (χ3v) is 2.16. The Kier molecular flexibility index (Phi) is 10.2. The molecule has 0 aliphatic carbocycles. The molecule has 0 radical (unpaired) electrons. The minimum Gasteiger partial charge on any atom is -0.481 e. The third-order valence-electron chi connectivity index (χ3n) is 2.16. The highest BCUT2D eigenvalue weighted by atomic mass is 16.5. The molecule has 0 atom stereocenters. The van der Waals surface area contributed by atoms with Gasteiger partial charge in [0.2, 0.25) is 0 Å². The van der Waals surface area contributed by atoms with E-state index in [1.54, 1.807) is 0 Å². The summed E-state index contributed by atoms with van der Waals surface area (Å²) in [5.41, 5.74) is 1.03. The zero-order valence-electron chi connectivity index (χ0n) is 11.6. The summed E-state index contributed by atoms with van der Waals surface area (Å²) in [6, 6.07) is 9.70. The van der Waals surface area contributed by atoms with Gasteiger partial charge in [-0.05, 0) is 18.4 Å². The van der Waals surface area contributed by atoms with Gasteiger partial charge in [-0.3, -0.25) is 9.59 Å². The smallest absolute Gasteiger partial charge is 0.306 e. The van der Waals surface area contributed by atoms with Crippen LogP contribution in [0.1, 0.15) is 45.1 Å². The Bertz CT molecular complexity index is 360. The highest BCUT2D eigenvalue weighted by Gasteiger charge is 2.00. The van der Waals surface area contributed by atoms with Crippen molar-refractivity contribution in [2.75, 3.05) is 0 Å². The number of carbonyl (C=O) groups excluding carboxylic acids is 1. The van der Waals surface area contributed by atoms with E-state index in [9.17, 15) is 9.59 Å². The molecule has 0 saturated carbocycles. The van der Waals surface area contributed by atoms with Gasteiger partial charge in [-0.2, -0.15) is 0 Å². The van der Waals surface area contributed by atoms with Crippen LogP contribution in [0.5, 0.6) is 0 Å². The summed E-state index contributed by atoms with van der Waals surface area (Å²) in [6.07, 6.45) is 2.37. The molecular weight excluding hydrogens is 244 g/mol. The molecule has 19 heavy (non-hydrogen) atoms. The van der Waals surface area contributed by atoms with E-state index in [2.05, 4.69) is 0 Å². The Labute approximate surface area is 114 Å². The van der Waals surface area contributed by atoms with Gasteiger partial charge in [-0.25, -0.2) is 0 Å². The van der Waals surface area contributed by atoms with Gasteiger partial charge in [0, 0.05) is 12.8 Å². The van der Waals surface area contributed by atoms with Gasteiger partial charge < -0.3 is 9.84 Å². The molecule has 0 fully saturated rings. The molecule has 0 unspecified atom stereocenters. The van der Waals surface area contributed by atoms with Gasteiger partial charge >= 0.3 is 11.9 Å². The van der Waals surface area contributed by atoms with Crippen molar-refractivity contribution in [3.8, 4) is 0 Å². The molecule has 1 rings (SSSR count). The van der Waals surface area contributed by atoms with E-state index >= 15 is 0 Å². The molecule has 1 aromatic rings. The fourth-order valence-electron chi connectivity index (χ4n) is 1.23. The van der Waals surface area contributed by atoms with Crippen LogP contribution in [0.2, 0.25) is 0 Å². The monoisotopic (exact) mass is 266 g/mol. The van der Waals surface area contributed by atoms with E-state index in [4.69, 9.17) is 9.84 Å². The van der Waals surface area contributed by atoms with Crippen LogP contribution in [-0.2, 0) is 20.9 Å². The number of esters is 1. The fourth-order valence-corrected chi connectivity index (χ4v) is 1.23. The van der Waals surface area contributed by atoms with Crippen LogP contribution in [0.15, 0.2) is 30.3 Å². The van der Waals surface area contributed by atoms with Crippen molar-refractivity contribution in [3.05, 3.63) is 35.9 Å². The van der Waals surface area contributed by atoms with Crippen molar-refractivity contribution in [1.82, 2.24) is 0 Å². The number of hydrogen-bond acceptors (Lipinski definition) is 3. The van der Waals surface area contributed by atoms with Crippen molar-refractivity contribution in [1.29, 1.82) is 0 Å². The zero-order valence-corrected chi connectivity index (χ0v) is 11.6. The summed E-state index contributed by atoms with van der Waals surface area (Å²) >= 11 is 0. The minimum atomic E-state index is -0.711. The van der Waals surface area contributed by atoms with E-state index in [0.717, 1.165) is 18.4 Å². The molecule has 4 heteroatoms. The van der Waals surface area contributed by atoms with Gasteiger partial charge in [0.25, 0.3) is 0 Å². The number of aliphatic carboxylic acids is 1. The Morgan fingerprint density at radius 3 is 2.05 bits per heavy atom. The predicted molar refractivity (Wildman–Crippen MR) is 73.7 cm³/mol. The van der Waals surface area contributed by atoms with Crippen LogP contribution < -0.4 is 0 Å². The number of ether oxygens (including phenoxy) is 1.